The molecule has 1 aliphatic rings. The fraction of sp³-hybridized carbons (Fsp3) is 0.500. The molecule has 3 rings (SSSR count). The van der Waals surface area contributed by atoms with E-state index in [9.17, 15) is 4.79 Å². The highest BCUT2D eigenvalue weighted by molar-refractivity contribution is 6.02. The van der Waals surface area contributed by atoms with Gasteiger partial charge in [0.2, 0.25) is 11.8 Å². The van der Waals surface area contributed by atoms with Crippen LogP contribution in [0.25, 0.3) is 0 Å². The number of aryl methyl sites for hydroxylation is 1. The Morgan fingerprint density at radius 2 is 2.19 bits per heavy atom. The fourth-order valence-electron chi connectivity index (χ4n) is 2.04. The Hall–Kier alpha value is -2.31. The molecule has 0 radical (unpaired) electrons. The van der Waals surface area contributed by atoms with Crippen molar-refractivity contribution in [3.63, 3.8) is 0 Å². The van der Waals surface area contributed by atoms with Gasteiger partial charge in [0.05, 0.1) is 12.3 Å². The molecule has 0 bridgehead atoms. The molecule has 2 aromatic rings. The first-order chi connectivity index (χ1) is 9.93. The molecular formula is C14H18N4O3. The average molecular weight is 290 g/mol. The van der Waals surface area contributed by atoms with Crippen molar-refractivity contribution < 1.29 is 14.1 Å². The van der Waals surface area contributed by atoms with Crippen LogP contribution < -0.4 is 10.1 Å². The number of ether oxygens (including phenoxy) is 1. The Balaban J connectivity index is 1.74. The molecule has 0 fully saturated rings. The number of anilines is 1. The molecular weight excluding hydrogens is 272 g/mol. The van der Waals surface area contributed by atoms with Crippen LogP contribution in [0.3, 0.4) is 0 Å². The largest absolute Gasteiger partial charge is 0.478 e. The summed E-state index contributed by atoms with van der Waals surface area (Å²) < 4.78 is 12.3. The molecule has 0 unspecified atom stereocenters. The van der Waals surface area contributed by atoms with E-state index >= 15 is 0 Å². The SMILES string of the molecule is CC(C)(C)c1cc(NC(=O)c2cc3n(n2)CCCO3)on1. The van der Waals surface area contributed by atoms with Gasteiger partial charge in [-0.05, 0) is 0 Å². The lowest BCUT2D eigenvalue weighted by atomic mass is 9.92. The maximum atomic E-state index is 12.2. The number of nitrogens with zero attached hydrogens (tertiary/aromatic N) is 3. The zero-order valence-electron chi connectivity index (χ0n) is 12.3. The van der Waals surface area contributed by atoms with Crippen LogP contribution in [0, 0.1) is 0 Å². The summed E-state index contributed by atoms with van der Waals surface area (Å²) in [6.45, 7) is 7.49. The highest BCUT2D eigenvalue weighted by Gasteiger charge is 2.22. The number of aromatic nitrogens is 3. The number of fused-ring (bicyclic) bond motifs is 1. The maximum Gasteiger partial charge on any atom is 0.278 e. The molecule has 0 saturated carbocycles. The molecule has 21 heavy (non-hydrogen) atoms. The Kier molecular flexibility index (Phi) is 3.19. The second-order valence-electron chi connectivity index (χ2n) is 6.07. The number of carbonyl (C=O) groups is 1. The summed E-state index contributed by atoms with van der Waals surface area (Å²) in [5.41, 5.74) is 0.958. The Bertz CT molecular complexity index is 643. The zero-order chi connectivity index (χ0) is 15.0. The van der Waals surface area contributed by atoms with Crippen LogP contribution in [-0.4, -0.2) is 27.5 Å². The van der Waals surface area contributed by atoms with Gasteiger partial charge in [-0.3, -0.25) is 10.1 Å². The summed E-state index contributed by atoms with van der Waals surface area (Å²) in [4.78, 5) is 12.2. The first-order valence-electron chi connectivity index (χ1n) is 6.93. The van der Waals surface area contributed by atoms with E-state index in [0.29, 0.717) is 24.1 Å². The summed E-state index contributed by atoms with van der Waals surface area (Å²) in [6, 6.07) is 3.36. The summed E-state index contributed by atoms with van der Waals surface area (Å²) >= 11 is 0. The van der Waals surface area contributed by atoms with Crippen molar-refractivity contribution in [3.05, 3.63) is 23.5 Å². The predicted octanol–water partition coefficient (Wildman–Crippen LogP) is 2.20. The summed E-state index contributed by atoms with van der Waals surface area (Å²) in [6.07, 6.45) is 0.896. The van der Waals surface area contributed by atoms with Gasteiger partial charge >= 0.3 is 0 Å². The second-order valence-corrected chi connectivity index (χ2v) is 6.07. The van der Waals surface area contributed by atoms with E-state index in [2.05, 4.69) is 15.6 Å². The van der Waals surface area contributed by atoms with E-state index in [0.717, 1.165) is 18.7 Å². The number of carbonyl (C=O) groups excluding carboxylic acids is 1. The van der Waals surface area contributed by atoms with E-state index < -0.39 is 0 Å². The minimum Gasteiger partial charge on any atom is -0.478 e. The Labute approximate surface area is 122 Å². The standard InChI is InChI=1S/C14H18N4O3/c1-14(2,3)10-8-11(21-17-10)15-13(19)9-7-12-18(16-9)5-4-6-20-12/h7-8H,4-6H2,1-3H3,(H,15,19). The molecule has 0 aliphatic carbocycles. The van der Waals surface area contributed by atoms with Gasteiger partial charge in [0.15, 0.2) is 5.69 Å². The highest BCUT2D eigenvalue weighted by Crippen LogP contribution is 2.24. The molecule has 2 aromatic heterocycles. The first-order valence-corrected chi connectivity index (χ1v) is 6.93. The molecule has 1 N–H and O–H groups in total. The van der Waals surface area contributed by atoms with Gasteiger partial charge in [0, 0.05) is 30.5 Å². The molecule has 0 atom stereocenters. The minimum absolute atomic E-state index is 0.131. The van der Waals surface area contributed by atoms with Crippen molar-refractivity contribution in [2.45, 2.75) is 39.2 Å². The lowest BCUT2D eigenvalue weighted by Crippen LogP contribution is -2.16. The van der Waals surface area contributed by atoms with Crippen molar-refractivity contribution in [2.75, 3.05) is 11.9 Å². The van der Waals surface area contributed by atoms with Crippen LogP contribution in [0.1, 0.15) is 43.4 Å². The van der Waals surface area contributed by atoms with Gasteiger partial charge in [0.25, 0.3) is 5.91 Å². The maximum absolute atomic E-state index is 12.2. The summed E-state index contributed by atoms with van der Waals surface area (Å²) in [5, 5.41) is 10.8. The molecule has 0 spiro atoms. The Morgan fingerprint density at radius 3 is 2.86 bits per heavy atom. The van der Waals surface area contributed by atoms with Gasteiger partial charge in [-0.1, -0.05) is 25.9 Å². The first kappa shape index (κ1) is 13.7. The zero-order valence-corrected chi connectivity index (χ0v) is 12.3. The number of hydrogen-bond donors (Lipinski definition) is 1. The fourth-order valence-corrected chi connectivity index (χ4v) is 2.04. The monoisotopic (exact) mass is 290 g/mol. The number of rotatable bonds is 2. The van der Waals surface area contributed by atoms with Crippen LogP contribution in [0.4, 0.5) is 5.88 Å². The van der Waals surface area contributed by atoms with Crippen LogP contribution in [0.5, 0.6) is 5.88 Å². The van der Waals surface area contributed by atoms with Gasteiger partial charge in [-0.15, -0.1) is 0 Å². The van der Waals surface area contributed by atoms with E-state index in [1.54, 1.807) is 16.8 Å². The molecule has 3 heterocycles. The number of amides is 1. The molecule has 0 saturated heterocycles. The summed E-state index contributed by atoms with van der Waals surface area (Å²) in [7, 11) is 0. The second kappa shape index (κ2) is 4.91. The van der Waals surface area contributed by atoms with E-state index in [-0.39, 0.29) is 11.3 Å². The third-order valence-corrected chi connectivity index (χ3v) is 3.26. The molecule has 0 aromatic carbocycles. The normalized spacial score (nSPS) is 14.4. The average Bonchev–Trinajstić information content (AvgIpc) is 3.03. The van der Waals surface area contributed by atoms with Crippen LogP contribution >= 0.6 is 0 Å². The molecule has 7 heteroatoms. The third kappa shape index (κ3) is 2.76. The number of nitrogens with one attached hydrogen (secondary N) is 1. The quantitative estimate of drug-likeness (QED) is 0.917. The molecule has 1 aliphatic heterocycles. The van der Waals surface area contributed by atoms with Gasteiger partial charge in [-0.2, -0.15) is 5.10 Å². The Morgan fingerprint density at radius 1 is 1.38 bits per heavy atom. The van der Waals surface area contributed by atoms with E-state index in [1.807, 2.05) is 20.8 Å². The van der Waals surface area contributed by atoms with E-state index in [4.69, 9.17) is 9.26 Å². The van der Waals surface area contributed by atoms with Crippen molar-refractivity contribution in [3.8, 4) is 5.88 Å². The lowest BCUT2D eigenvalue weighted by molar-refractivity contribution is 0.101. The van der Waals surface area contributed by atoms with Crippen LogP contribution in [0.2, 0.25) is 0 Å². The van der Waals surface area contributed by atoms with Crippen LogP contribution in [0.15, 0.2) is 16.7 Å². The van der Waals surface area contributed by atoms with Crippen molar-refractivity contribution in [1.82, 2.24) is 14.9 Å². The molecule has 7 nitrogen and oxygen atoms in total. The summed E-state index contributed by atoms with van der Waals surface area (Å²) in [5.74, 6) is 0.605. The van der Waals surface area contributed by atoms with Gasteiger partial charge in [-0.25, -0.2) is 4.68 Å². The van der Waals surface area contributed by atoms with Gasteiger partial charge in [0.1, 0.15) is 0 Å². The minimum atomic E-state index is -0.336. The smallest absolute Gasteiger partial charge is 0.278 e. The topological polar surface area (TPSA) is 82.2 Å². The van der Waals surface area contributed by atoms with Crippen molar-refractivity contribution in [2.24, 2.45) is 0 Å². The highest BCUT2D eigenvalue weighted by atomic mass is 16.5. The molecule has 112 valence electrons. The van der Waals surface area contributed by atoms with Crippen molar-refractivity contribution >= 4 is 11.8 Å². The third-order valence-electron chi connectivity index (χ3n) is 3.26. The van der Waals surface area contributed by atoms with Crippen molar-refractivity contribution in [1.29, 1.82) is 0 Å². The number of hydrogen-bond acceptors (Lipinski definition) is 5. The lowest BCUT2D eigenvalue weighted by Gasteiger charge is -2.13. The molecule has 1 amide bonds. The predicted molar refractivity (Wildman–Crippen MR) is 75.5 cm³/mol. The van der Waals surface area contributed by atoms with E-state index in [1.165, 1.54) is 0 Å². The van der Waals surface area contributed by atoms with Crippen LogP contribution in [-0.2, 0) is 12.0 Å². The van der Waals surface area contributed by atoms with Gasteiger partial charge < -0.3 is 9.26 Å².